The minimum absolute atomic E-state index is 0.0318. The lowest BCUT2D eigenvalue weighted by Gasteiger charge is -2.44. The average molecular weight is 442 g/mol. The third kappa shape index (κ3) is 2.89. The van der Waals surface area contributed by atoms with E-state index in [1.54, 1.807) is 6.20 Å². The van der Waals surface area contributed by atoms with E-state index < -0.39 is 0 Å². The second kappa shape index (κ2) is 6.58. The van der Waals surface area contributed by atoms with Gasteiger partial charge >= 0.3 is 6.09 Å². The molecule has 0 bridgehead atoms. The molecule has 1 spiro atoms. The Balaban J connectivity index is 1.37. The Hall–Kier alpha value is -2.41. The molecule has 1 saturated carbocycles. The van der Waals surface area contributed by atoms with E-state index >= 15 is 0 Å². The molecular formula is C21H20BrN3O3. The number of fused-ring (bicyclic) bond motifs is 1. The van der Waals surface area contributed by atoms with Crippen molar-refractivity contribution in [2.45, 2.75) is 30.9 Å². The second-order valence-electron chi connectivity index (χ2n) is 7.90. The third-order valence-corrected chi connectivity index (χ3v) is 6.77. The molecule has 1 aromatic heterocycles. The normalized spacial score (nSPS) is 28.1. The van der Waals surface area contributed by atoms with Gasteiger partial charge in [-0.3, -0.25) is 9.78 Å². The first-order valence-electron chi connectivity index (χ1n) is 9.51. The molecule has 2 amide bonds. The molecule has 3 aliphatic rings. The number of benzene rings is 1. The van der Waals surface area contributed by atoms with Crippen LogP contribution >= 0.6 is 15.9 Å². The number of hydrogen-bond donors (Lipinski definition) is 1. The van der Waals surface area contributed by atoms with Crippen LogP contribution in [0.1, 0.15) is 40.5 Å². The first kappa shape index (κ1) is 17.7. The SMILES string of the molecule is O=C1NCC2(CC(CN3C(=O)c4ccccc4C3Cc3ncccc3Br)C2)O1. The molecule has 0 radical (unpaired) electrons. The van der Waals surface area contributed by atoms with Crippen LogP contribution in [0.4, 0.5) is 4.79 Å². The molecule has 144 valence electrons. The molecule has 7 heteroatoms. The first-order valence-corrected chi connectivity index (χ1v) is 10.3. The summed E-state index contributed by atoms with van der Waals surface area (Å²) in [7, 11) is 0. The van der Waals surface area contributed by atoms with Crippen molar-refractivity contribution in [3.8, 4) is 0 Å². The number of nitrogens with one attached hydrogen (secondary N) is 1. The van der Waals surface area contributed by atoms with Crippen LogP contribution in [0, 0.1) is 5.92 Å². The van der Waals surface area contributed by atoms with Crippen LogP contribution in [-0.2, 0) is 11.2 Å². The Morgan fingerprint density at radius 2 is 2.04 bits per heavy atom. The number of amides is 2. The highest BCUT2D eigenvalue weighted by Crippen LogP contribution is 2.45. The van der Waals surface area contributed by atoms with Crippen molar-refractivity contribution < 1.29 is 14.3 Å². The molecule has 6 nitrogen and oxygen atoms in total. The van der Waals surface area contributed by atoms with E-state index in [2.05, 4.69) is 26.2 Å². The minimum Gasteiger partial charge on any atom is -0.441 e. The van der Waals surface area contributed by atoms with Gasteiger partial charge in [-0.15, -0.1) is 0 Å². The summed E-state index contributed by atoms with van der Waals surface area (Å²) in [6.07, 6.45) is 3.71. The van der Waals surface area contributed by atoms with Crippen LogP contribution in [-0.4, -0.2) is 40.6 Å². The van der Waals surface area contributed by atoms with E-state index in [0.717, 1.165) is 34.1 Å². The number of carbonyl (C=O) groups is 2. The number of nitrogens with zero attached hydrogens (tertiary/aromatic N) is 2. The quantitative estimate of drug-likeness (QED) is 0.788. The molecule has 1 N–H and O–H groups in total. The molecule has 1 unspecified atom stereocenters. The van der Waals surface area contributed by atoms with Crippen molar-refractivity contribution in [3.63, 3.8) is 0 Å². The van der Waals surface area contributed by atoms with Gasteiger partial charge in [-0.25, -0.2) is 4.79 Å². The summed E-state index contributed by atoms with van der Waals surface area (Å²) in [4.78, 5) is 31.0. The zero-order chi connectivity index (χ0) is 19.3. The minimum atomic E-state index is -0.364. The molecule has 1 atom stereocenters. The van der Waals surface area contributed by atoms with E-state index in [0.29, 0.717) is 25.4 Å². The molecule has 3 heterocycles. The van der Waals surface area contributed by atoms with Crippen LogP contribution in [0.5, 0.6) is 0 Å². The van der Waals surface area contributed by atoms with E-state index in [-0.39, 0.29) is 23.6 Å². The zero-order valence-electron chi connectivity index (χ0n) is 15.2. The standard InChI is InChI=1S/C21H20BrN3O3/c22-16-6-3-7-23-17(16)8-18-14-4-1-2-5-15(14)19(26)25(18)11-13-9-21(10-13)12-24-20(27)28-21/h1-7,13,18H,8-12H2,(H,24,27). The van der Waals surface area contributed by atoms with Gasteiger partial charge in [-0.1, -0.05) is 18.2 Å². The summed E-state index contributed by atoms with van der Waals surface area (Å²) in [5.41, 5.74) is 2.42. The molecule has 1 aliphatic carbocycles. The fourth-order valence-corrected chi connectivity index (χ4v) is 5.17. The van der Waals surface area contributed by atoms with Crippen LogP contribution in [0.2, 0.25) is 0 Å². The maximum absolute atomic E-state index is 13.1. The van der Waals surface area contributed by atoms with Gasteiger partial charge in [0.05, 0.1) is 18.3 Å². The Labute approximate surface area is 171 Å². The monoisotopic (exact) mass is 441 g/mol. The second-order valence-corrected chi connectivity index (χ2v) is 8.75. The van der Waals surface area contributed by atoms with E-state index in [1.807, 2.05) is 41.3 Å². The number of carbonyl (C=O) groups excluding carboxylic acids is 2. The lowest BCUT2D eigenvalue weighted by molar-refractivity contribution is -0.0555. The van der Waals surface area contributed by atoms with Crippen molar-refractivity contribution in [2.24, 2.45) is 5.92 Å². The van der Waals surface area contributed by atoms with Crippen molar-refractivity contribution >= 4 is 27.9 Å². The lowest BCUT2D eigenvalue weighted by Crippen LogP contribution is -2.51. The van der Waals surface area contributed by atoms with Crippen LogP contribution < -0.4 is 5.32 Å². The molecule has 2 aromatic rings. The van der Waals surface area contributed by atoms with E-state index in [4.69, 9.17) is 4.74 Å². The number of alkyl carbamates (subject to hydrolysis) is 1. The number of aromatic nitrogens is 1. The smallest absolute Gasteiger partial charge is 0.407 e. The largest absolute Gasteiger partial charge is 0.441 e. The summed E-state index contributed by atoms with van der Waals surface area (Å²) in [6, 6.07) is 11.7. The first-order chi connectivity index (χ1) is 13.5. The Kier molecular flexibility index (Phi) is 4.16. The molecule has 2 fully saturated rings. The average Bonchev–Trinajstić information content (AvgIpc) is 3.17. The number of hydrogen-bond acceptors (Lipinski definition) is 4. The summed E-state index contributed by atoms with van der Waals surface area (Å²) >= 11 is 3.58. The molecule has 1 aromatic carbocycles. The number of rotatable bonds is 4. The van der Waals surface area contributed by atoms with Crippen LogP contribution in [0.15, 0.2) is 47.1 Å². The maximum Gasteiger partial charge on any atom is 0.407 e. The summed E-state index contributed by atoms with van der Waals surface area (Å²) < 4.78 is 6.39. The van der Waals surface area contributed by atoms with Gasteiger partial charge in [-0.2, -0.15) is 0 Å². The number of ether oxygens (including phenoxy) is 1. The summed E-state index contributed by atoms with van der Waals surface area (Å²) in [5.74, 6) is 0.413. The fourth-order valence-electron chi connectivity index (χ4n) is 4.76. The highest BCUT2D eigenvalue weighted by Gasteiger charge is 2.52. The van der Waals surface area contributed by atoms with Gasteiger partial charge in [0.25, 0.3) is 5.91 Å². The Bertz CT molecular complexity index is 957. The summed E-state index contributed by atoms with van der Waals surface area (Å²) in [5, 5.41) is 2.74. The van der Waals surface area contributed by atoms with Crippen molar-refractivity contribution in [2.75, 3.05) is 13.1 Å². The number of pyridine rings is 1. The molecule has 2 aliphatic heterocycles. The molecule has 28 heavy (non-hydrogen) atoms. The predicted molar refractivity (Wildman–Crippen MR) is 106 cm³/mol. The van der Waals surface area contributed by atoms with Crippen molar-refractivity contribution in [1.29, 1.82) is 0 Å². The van der Waals surface area contributed by atoms with Gasteiger partial charge in [0, 0.05) is 29.2 Å². The van der Waals surface area contributed by atoms with Crippen molar-refractivity contribution in [3.05, 3.63) is 63.9 Å². The molecule has 5 rings (SSSR count). The van der Waals surface area contributed by atoms with Gasteiger partial charge in [0.1, 0.15) is 5.60 Å². The summed E-state index contributed by atoms with van der Waals surface area (Å²) in [6.45, 7) is 1.24. The molecule has 1 saturated heterocycles. The van der Waals surface area contributed by atoms with Gasteiger partial charge in [-0.05, 0) is 58.5 Å². The van der Waals surface area contributed by atoms with Gasteiger partial charge < -0.3 is 15.0 Å². The van der Waals surface area contributed by atoms with Crippen molar-refractivity contribution in [1.82, 2.24) is 15.2 Å². The highest BCUT2D eigenvalue weighted by molar-refractivity contribution is 9.10. The lowest BCUT2D eigenvalue weighted by atomic mass is 9.70. The maximum atomic E-state index is 13.1. The molecular weight excluding hydrogens is 422 g/mol. The topological polar surface area (TPSA) is 71.5 Å². The van der Waals surface area contributed by atoms with E-state index in [1.165, 1.54) is 0 Å². The Morgan fingerprint density at radius 3 is 2.79 bits per heavy atom. The highest BCUT2D eigenvalue weighted by atomic mass is 79.9. The fraction of sp³-hybridized carbons (Fsp3) is 0.381. The van der Waals surface area contributed by atoms with Crippen LogP contribution in [0.25, 0.3) is 0 Å². The van der Waals surface area contributed by atoms with Crippen LogP contribution in [0.3, 0.4) is 0 Å². The van der Waals surface area contributed by atoms with E-state index in [9.17, 15) is 9.59 Å². The third-order valence-electron chi connectivity index (χ3n) is 6.05. The zero-order valence-corrected chi connectivity index (χ0v) is 16.8. The Morgan fingerprint density at radius 1 is 1.21 bits per heavy atom. The number of halogens is 1. The van der Waals surface area contributed by atoms with Gasteiger partial charge in [0.2, 0.25) is 0 Å². The van der Waals surface area contributed by atoms with Gasteiger partial charge in [0.15, 0.2) is 0 Å². The predicted octanol–water partition coefficient (Wildman–Crippen LogP) is 3.47.